The van der Waals surface area contributed by atoms with E-state index < -0.39 is 0 Å². The molecule has 0 aliphatic carbocycles. The zero-order valence-corrected chi connectivity index (χ0v) is 15.0. The van der Waals surface area contributed by atoms with Crippen LogP contribution in [0.4, 0.5) is 4.39 Å². The number of rotatable bonds is 0. The van der Waals surface area contributed by atoms with Crippen molar-refractivity contribution < 1.29 is 4.39 Å². The molecule has 0 atom stereocenters. The first-order valence-corrected chi connectivity index (χ1v) is 10.1. The average molecular weight is 367 g/mol. The van der Waals surface area contributed by atoms with Gasteiger partial charge in [0.1, 0.15) is 5.82 Å². The summed E-state index contributed by atoms with van der Waals surface area (Å²) in [4.78, 5) is 3.49. The number of halogens is 1. The Kier molecular flexibility index (Phi) is 2.43. The predicted octanol–water partition coefficient (Wildman–Crippen LogP) is 7.41. The molecule has 5 heteroatoms. The fraction of sp³-hybridized carbons (Fsp3) is 0.0526. The van der Waals surface area contributed by atoms with Gasteiger partial charge in [-0.2, -0.15) is 0 Å². The van der Waals surface area contributed by atoms with Crippen molar-refractivity contribution in [2.45, 2.75) is 6.92 Å². The van der Waals surface area contributed by atoms with Gasteiger partial charge >= 0.3 is 0 Å². The maximum absolute atomic E-state index is 13.6. The smallest absolute Gasteiger partial charge is 0.124 e. The minimum Gasteiger partial charge on any atom is -0.353 e. The number of benzene rings is 2. The summed E-state index contributed by atoms with van der Waals surface area (Å²) in [7, 11) is 0. The van der Waals surface area contributed by atoms with E-state index in [4.69, 9.17) is 0 Å². The molecule has 6 aromatic rings. The highest BCUT2D eigenvalue weighted by molar-refractivity contribution is 7.43. The Balaban J connectivity index is 1.81. The molecule has 0 spiro atoms. The zero-order valence-electron chi connectivity index (χ0n) is 12.6. The minimum atomic E-state index is -0.178. The van der Waals surface area contributed by atoms with Gasteiger partial charge in [-0.3, -0.25) is 0 Å². The summed E-state index contributed by atoms with van der Waals surface area (Å²) in [6.45, 7) is 2.14. The molecule has 0 fully saturated rings. The lowest BCUT2D eigenvalue weighted by Crippen LogP contribution is -1.71. The van der Waals surface area contributed by atoms with Crippen LogP contribution in [0.3, 0.4) is 0 Å². The largest absolute Gasteiger partial charge is 0.353 e. The van der Waals surface area contributed by atoms with Gasteiger partial charge in [-0.1, -0.05) is 12.1 Å². The minimum absolute atomic E-state index is 0.178. The summed E-state index contributed by atoms with van der Waals surface area (Å²) >= 11 is 5.51. The van der Waals surface area contributed by atoms with Crippen LogP contribution in [0.1, 0.15) is 5.56 Å². The molecule has 6 rings (SSSR count). The van der Waals surface area contributed by atoms with Crippen LogP contribution in [0, 0.1) is 12.7 Å². The maximum atomic E-state index is 13.6. The van der Waals surface area contributed by atoms with E-state index >= 15 is 0 Å². The first-order chi connectivity index (χ1) is 11.7. The van der Waals surface area contributed by atoms with E-state index in [0.29, 0.717) is 0 Å². The van der Waals surface area contributed by atoms with Gasteiger partial charge in [-0.25, -0.2) is 4.39 Å². The third-order valence-corrected chi connectivity index (χ3v) is 8.60. The van der Waals surface area contributed by atoms with E-state index in [2.05, 4.69) is 30.1 Å². The molecule has 116 valence electrons. The van der Waals surface area contributed by atoms with E-state index in [9.17, 15) is 4.39 Å². The van der Waals surface area contributed by atoms with Crippen LogP contribution in [0.25, 0.3) is 50.0 Å². The van der Waals surface area contributed by atoms with Crippen molar-refractivity contribution in [2.24, 2.45) is 0 Å². The topological polar surface area (TPSA) is 15.8 Å². The van der Waals surface area contributed by atoms with Gasteiger partial charge in [0.05, 0.1) is 29.0 Å². The summed E-state index contributed by atoms with van der Waals surface area (Å²) in [5.74, 6) is -0.178. The van der Waals surface area contributed by atoms with Crippen LogP contribution in [0.15, 0.2) is 36.4 Å². The lowest BCUT2D eigenvalue weighted by molar-refractivity contribution is 0.630. The number of fused-ring (bicyclic) bond motifs is 9. The van der Waals surface area contributed by atoms with Gasteiger partial charge in [-0.05, 0) is 36.8 Å². The van der Waals surface area contributed by atoms with Crippen LogP contribution in [0.2, 0.25) is 0 Å². The van der Waals surface area contributed by atoms with Gasteiger partial charge in [0, 0.05) is 21.0 Å². The fourth-order valence-electron chi connectivity index (χ4n) is 3.45. The molecule has 0 aliphatic heterocycles. The second kappa shape index (κ2) is 4.36. The number of thiophene rings is 3. The van der Waals surface area contributed by atoms with Crippen LogP contribution in [-0.2, 0) is 0 Å². The summed E-state index contributed by atoms with van der Waals surface area (Å²) < 4.78 is 21.6. The highest BCUT2D eigenvalue weighted by atomic mass is 32.1. The second-order valence-electron chi connectivity index (χ2n) is 6.14. The molecular formula is C19H10FNS3. The van der Waals surface area contributed by atoms with Crippen molar-refractivity contribution in [3.05, 3.63) is 47.8 Å². The summed E-state index contributed by atoms with van der Waals surface area (Å²) in [5, 5.41) is 2.34. The van der Waals surface area contributed by atoms with Gasteiger partial charge in [-0.15, -0.1) is 34.0 Å². The number of hydrogen-bond donors (Lipinski definition) is 1. The average Bonchev–Trinajstić information content (AvgIpc) is 3.24. The van der Waals surface area contributed by atoms with E-state index in [0.717, 1.165) is 16.4 Å². The van der Waals surface area contributed by atoms with E-state index in [-0.39, 0.29) is 5.82 Å². The Morgan fingerprint density at radius 3 is 2.54 bits per heavy atom. The second-order valence-corrected chi connectivity index (χ2v) is 9.23. The highest BCUT2D eigenvalue weighted by Gasteiger charge is 2.19. The van der Waals surface area contributed by atoms with E-state index in [1.807, 2.05) is 28.7 Å². The Morgan fingerprint density at radius 1 is 0.792 bits per heavy atom. The number of hydrogen-bond acceptors (Lipinski definition) is 3. The fourth-order valence-corrected chi connectivity index (χ4v) is 7.86. The molecule has 0 aliphatic rings. The number of H-pyrrole nitrogens is 1. The van der Waals surface area contributed by atoms with E-state index in [1.165, 1.54) is 45.2 Å². The molecule has 0 saturated carbocycles. The molecule has 0 amide bonds. The third kappa shape index (κ3) is 1.57. The number of aromatic nitrogens is 1. The van der Waals surface area contributed by atoms with Crippen molar-refractivity contribution in [3.8, 4) is 0 Å². The third-order valence-electron chi connectivity index (χ3n) is 4.56. The molecule has 4 heterocycles. The molecule has 0 saturated heterocycles. The van der Waals surface area contributed by atoms with Crippen LogP contribution < -0.4 is 0 Å². The Hall–Kier alpha value is -1.95. The lowest BCUT2D eigenvalue weighted by atomic mass is 10.2. The van der Waals surface area contributed by atoms with Crippen molar-refractivity contribution in [1.29, 1.82) is 0 Å². The summed E-state index contributed by atoms with van der Waals surface area (Å²) in [6, 6.07) is 11.7. The first kappa shape index (κ1) is 13.4. The monoisotopic (exact) mass is 367 g/mol. The number of nitrogens with one attached hydrogen (secondary N) is 1. The Bertz CT molecular complexity index is 1430. The van der Waals surface area contributed by atoms with Crippen molar-refractivity contribution in [2.75, 3.05) is 0 Å². The number of aryl methyl sites for hydroxylation is 1. The van der Waals surface area contributed by atoms with Gasteiger partial charge in [0.2, 0.25) is 0 Å². The Labute approximate surface area is 148 Å². The molecule has 1 nitrogen and oxygen atoms in total. The molecule has 4 aromatic heterocycles. The SMILES string of the molecule is Cc1ccc2c(c1)sc1c2sc2c3[nH]c4ccc(F)cc4c3sc21. The van der Waals surface area contributed by atoms with Gasteiger partial charge in [0.25, 0.3) is 0 Å². The quantitative estimate of drug-likeness (QED) is 0.288. The normalized spacial score (nSPS) is 12.6. The molecule has 1 N–H and O–H groups in total. The number of aromatic amines is 1. The van der Waals surface area contributed by atoms with E-state index in [1.54, 1.807) is 17.4 Å². The maximum Gasteiger partial charge on any atom is 0.124 e. The Morgan fingerprint density at radius 2 is 1.62 bits per heavy atom. The van der Waals surface area contributed by atoms with Gasteiger partial charge in [0.15, 0.2) is 0 Å². The van der Waals surface area contributed by atoms with Crippen molar-refractivity contribution >= 4 is 84.0 Å². The molecule has 0 bridgehead atoms. The molecule has 2 aromatic carbocycles. The van der Waals surface area contributed by atoms with Crippen LogP contribution in [-0.4, -0.2) is 4.98 Å². The molecule has 0 unspecified atom stereocenters. The van der Waals surface area contributed by atoms with Crippen molar-refractivity contribution in [3.63, 3.8) is 0 Å². The lowest BCUT2D eigenvalue weighted by Gasteiger charge is -1.91. The summed E-state index contributed by atoms with van der Waals surface area (Å²) in [6.07, 6.45) is 0. The molecular weight excluding hydrogens is 357 g/mol. The predicted molar refractivity (Wildman–Crippen MR) is 107 cm³/mol. The highest BCUT2D eigenvalue weighted by Crippen LogP contribution is 2.51. The van der Waals surface area contributed by atoms with Crippen LogP contribution in [0.5, 0.6) is 0 Å². The molecule has 24 heavy (non-hydrogen) atoms. The first-order valence-electron chi connectivity index (χ1n) is 7.64. The summed E-state index contributed by atoms with van der Waals surface area (Å²) in [5.41, 5.74) is 3.47. The zero-order chi connectivity index (χ0) is 16.0. The van der Waals surface area contributed by atoms with Crippen LogP contribution >= 0.6 is 34.0 Å². The standard InChI is InChI=1S/C19H10FNS3/c1-8-2-4-10-13(6-8)22-18-16(10)24-17-14-15(23-19(17)18)11-7-9(20)3-5-12(11)21-14/h2-7,21H,1H3. The van der Waals surface area contributed by atoms with Gasteiger partial charge < -0.3 is 4.98 Å². The molecule has 0 radical (unpaired) electrons. The van der Waals surface area contributed by atoms with Crippen molar-refractivity contribution in [1.82, 2.24) is 4.98 Å².